The van der Waals surface area contributed by atoms with Gasteiger partial charge >= 0.3 is 0 Å². The van der Waals surface area contributed by atoms with Crippen molar-refractivity contribution in [3.05, 3.63) is 35.1 Å². The minimum absolute atomic E-state index is 0.214. The van der Waals surface area contributed by atoms with Gasteiger partial charge in [0.05, 0.1) is 18.1 Å². The van der Waals surface area contributed by atoms with E-state index in [0.29, 0.717) is 21.9 Å². The van der Waals surface area contributed by atoms with Crippen LogP contribution in [0.15, 0.2) is 24.7 Å². The van der Waals surface area contributed by atoms with Crippen LogP contribution < -0.4 is 11.1 Å². The topological polar surface area (TPSA) is 98.7 Å². The van der Waals surface area contributed by atoms with Crippen molar-refractivity contribution in [2.75, 3.05) is 5.73 Å². The minimum atomic E-state index is -0.214. The van der Waals surface area contributed by atoms with Gasteiger partial charge in [0.2, 0.25) is 0 Å². The van der Waals surface area contributed by atoms with Crippen LogP contribution in [0.4, 0.5) is 5.69 Å². The zero-order valence-electron chi connectivity index (χ0n) is 10.7. The number of carbonyl (C=O) groups is 1. The lowest BCUT2D eigenvalue weighted by atomic mass is 10.2. The van der Waals surface area contributed by atoms with Gasteiger partial charge in [-0.15, -0.1) is 16.4 Å². The molecule has 0 aromatic carbocycles. The molecule has 0 bridgehead atoms. The largest absolute Gasteiger partial charge is 0.397 e. The third-order valence-corrected chi connectivity index (χ3v) is 3.94. The molecule has 1 amide bonds. The Kier molecular flexibility index (Phi) is 3.07. The third kappa shape index (κ3) is 2.21. The molecule has 3 aromatic rings. The number of nitrogens with zero attached hydrogens (tertiary/aromatic N) is 4. The summed E-state index contributed by atoms with van der Waals surface area (Å²) in [5, 5.41) is 15.4. The van der Waals surface area contributed by atoms with Gasteiger partial charge in [0.1, 0.15) is 9.71 Å². The van der Waals surface area contributed by atoms with Crippen LogP contribution in [0.3, 0.4) is 0 Å². The molecule has 8 heteroatoms. The van der Waals surface area contributed by atoms with Crippen LogP contribution in [0, 0.1) is 0 Å². The summed E-state index contributed by atoms with van der Waals surface area (Å²) in [5.41, 5.74) is 7.36. The Labute approximate surface area is 118 Å². The molecule has 0 aliphatic rings. The number of rotatable bonds is 3. The van der Waals surface area contributed by atoms with Gasteiger partial charge in [-0.3, -0.25) is 9.48 Å². The van der Waals surface area contributed by atoms with Gasteiger partial charge in [-0.1, -0.05) is 0 Å². The molecule has 0 saturated heterocycles. The predicted molar refractivity (Wildman–Crippen MR) is 76.2 cm³/mol. The number of hydrogen-bond acceptors (Lipinski definition) is 6. The molecular weight excluding hydrogens is 276 g/mol. The van der Waals surface area contributed by atoms with E-state index in [1.807, 2.05) is 13.2 Å². The highest BCUT2D eigenvalue weighted by Crippen LogP contribution is 2.31. The fourth-order valence-corrected chi connectivity index (χ4v) is 2.82. The third-order valence-electron chi connectivity index (χ3n) is 2.84. The van der Waals surface area contributed by atoms with Gasteiger partial charge in [0, 0.05) is 30.7 Å². The van der Waals surface area contributed by atoms with E-state index in [0.717, 1.165) is 10.9 Å². The summed E-state index contributed by atoms with van der Waals surface area (Å²) >= 11 is 1.24. The zero-order chi connectivity index (χ0) is 14.1. The molecule has 0 fully saturated rings. The number of hydrogen-bond donors (Lipinski definition) is 2. The quantitative estimate of drug-likeness (QED) is 0.747. The Morgan fingerprint density at radius 1 is 1.55 bits per heavy atom. The molecule has 3 heterocycles. The fourth-order valence-electron chi connectivity index (χ4n) is 1.87. The van der Waals surface area contributed by atoms with Crippen LogP contribution in [0.1, 0.15) is 15.2 Å². The first-order chi connectivity index (χ1) is 9.65. The smallest absolute Gasteiger partial charge is 0.263 e. The van der Waals surface area contributed by atoms with E-state index in [9.17, 15) is 4.79 Å². The number of anilines is 1. The maximum absolute atomic E-state index is 12.2. The van der Waals surface area contributed by atoms with E-state index in [2.05, 4.69) is 20.6 Å². The highest BCUT2D eigenvalue weighted by molar-refractivity contribution is 7.21. The molecule has 0 spiro atoms. The highest BCUT2D eigenvalue weighted by Gasteiger charge is 2.17. The van der Waals surface area contributed by atoms with Crippen molar-refractivity contribution in [2.24, 2.45) is 7.05 Å². The Hall–Kier alpha value is -2.48. The van der Waals surface area contributed by atoms with Crippen molar-refractivity contribution in [3.63, 3.8) is 0 Å². The number of thiophene rings is 1. The summed E-state index contributed by atoms with van der Waals surface area (Å²) in [6.45, 7) is 0.409. The molecule has 3 rings (SSSR count). The van der Waals surface area contributed by atoms with E-state index < -0.39 is 0 Å². The number of fused-ring (bicyclic) bond motifs is 1. The van der Waals surface area contributed by atoms with E-state index in [1.54, 1.807) is 23.1 Å². The molecule has 0 aliphatic carbocycles. The number of nitrogen functional groups attached to an aromatic ring is 1. The summed E-state index contributed by atoms with van der Waals surface area (Å²) < 4.78 is 1.69. The maximum atomic E-state index is 12.2. The average molecular weight is 288 g/mol. The zero-order valence-corrected chi connectivity index (χ0v) is 11.5. The van der Waals surface area contributed by atoms with Crippen LogP contribution >= 0.6 is 11.3 Å². The summed E-state index contributed by atoms with van der Waals surface area (Å²) in [4.78, 5) is 13.3. The molecule has 0 saturated carbocycles. The minimum Gasteiger partial charge on any atom is -0.397 e. The van der Waals surface area contributed by atoms with E-state index in [1.165, 1.54) is 11.3 Å². The van der Waals surface area contributed by atoms with E-state index in [4.69, 9.17) is 5.73 Å². The Balaban J connectivity index is 1.80. The second-order valence-electron chi connectivity index (χ2n) is 4.30. The first kappa shape index (κ1) is 12.5. The second kappa shape index (κ2) is 4.89. The molecule has 20 heavy (non-hydrogen) atoms. The SMILES string of the molecule is Cn1cc(CNC(=O)c2sc3nnccc3c2N)cn1. The lowest BCUT2D eigenvalue weighted by Gasteiger charge is -2.02. The summed E-state index contributed by atoms with van der Waals surface area (Å²) in [7, 11) is 1.83. The lowest BCUT2D eigenvalue weighted by molar-refractivity contribution is 0.0956. The molecule has 7 nitrogen and oxygen atoms in total. The average Bonchev–Trinajstić information content (AvgIpc) is 3.01. The molecule has 3 N–H and O–H groups in total. The van der Waals surface area contributed by atoms with Crippen molar-refractivity contribution in [2.45, 2.75) is 6.54 Å². The second-order valence-corrected chi connectivity index (χ2v) is 5.30. The van der Waals surface area contributed by atoms with Crippen molar-refractivity contribution in [1.29, 1.82) is 0 Å². The van der Waals surface area contributed by atoms with Crippen molar-refractivity contribution >= 4 is 33.1 Å². The molecule has 102 valence electrons. The van der Waals surface area contributed by atoms with Crippen LogP contribution in [-0.4, -0.2) is 25.9 Å². The summed E-state index contributed by atoms with van der Waals surface area (Å²) in [6.07, 6.45) is 5.11. The normalized spacial score (nSPS) is 10.8. The van der Waals surface area contributed by atoms with Gasteiger partial charge in [-0.05, 0) is 6.07 Å². The first-order valence-electron chi connectivity index (χ1n) is 5.90. The molecule has 0 atom stereocenters. The van der Waals surface area contributed by atoms with Crippen LogP contribution in [-0.2, 0) is 13.6 Å². The summed E-state index contributed by atoms with van der Waals surface area (Å²) in [5.74, 6) is -0.214. The number of carbonyl (C=O) groups excluding carboxylic acids is 1. The highest BCUT2D eigenvalue weighted by atomic mass is 32.1. The summed E-state index contributed by atoms with van der Waals surface area (Å²) in [6, 6.07) is 1.76. The van der Waals surface area contributed by atoms with Gasteiger partial charge in [-0.25, -0.2) is 0 Å². The number of nitrogens with one attached hydrogen (secondary N) is 1. The Bertz CT molecular complexity index is 777. The van der Waals surface area contributed by atoms with Gasteiger partial charge in [0.15, 0.2) is 0 Å². The lowest BCUT2D eigenvalue weighted by Crippen LogP contribution is -2.22. The number of nitrogens with two attached hydrogens (primary N) is 1. The maximum Gasteiger partial charge on any atom is 0.263 e. The molecule has 3 aromatic heterocycles. The van der Waals surface area contributed by atoms with Crippen LogP contribution in [0.2, 0.25) is 0 Å². The molecule has 0 radical (unpaired) electrons. The molecular formula is C12H12N6OS. The first-order valence-corrected chi connectivity index (χ1v) is 6.72. The number of aryl methyl sites for hydroxylation is 1. The Morgan fingerprint density at radius 3 is 3.10 bits per heavy atom. The number of amides is 1. The van der Waals surface area contributed by atoms with E-state index in [-0.39, 0.29) is 5.91 Å². The van der Waals surface area contributed by atoms with Gasteiger partial charge < -0.3 is 11.1 Å². The van der Waals surface area contributed by atoms with Gasteiger partial charge in [0.25, 0.3) is 5.91 Å². The van der Waals surface area contributed by atoms with Crippen molar-refractivity contribution in [1.82, 2.24) is 25.3 Å². The van der Waals surface area contributed by atoms with Crippen molar-refractivity contribution < 1.29 is 4.79 Å². The predicted octanol–water partition coefficient (Wildman–Crippen LogP) is 0.937. The Morgan fingerprint density at radius 2 is 2.40 bits per heavy atom. The fraction of sp³-hybridized carbons (Fsp3) is 0.167. The van der Waals surface area contributed by atoms with E-state index >= 15 is 0 Å². The monoisotopic (exact) mass is 288 g/mol. The van der Waals surface area contributed by atoms with Gasteiger partial charge in [-0.2, -0.15) is 10.2 Å². The number of aromatic nitrogens is 4. The van der Waals surface area contributed by atoms with Crippen LogP contribution in [0.25, 0.3) is 10.2 Å². The standard InChI is InChI=1S/C12H12N6OS/c1-18-6-7(5-16-18)4-14-11(19)10-9(13)8-2-3-15-17-12(8)20-10/h2-3,5-6H,4,13H2,1H3,(H,14,19). The van der Waals surface area contributed by atoms with Crippen molar-refractivity contribution in [3.8, 4) is 0 Å². The van der Waals surface area contributed by atoms with Crippen LogP contribution in [0.5, 0.6) is 0 Å². The molecule has 0 unspecified atom stereocenters. The molecule has 0 aliphatic heterocycles.